The van der Waals surface area contributed by atoms with Gasteiger partial charge in [0.2, 0.25) is 5.91 Å². The van der Waals surface area contributed by atoms with Gasteiger partial charge in [0.1, 0.15) is 0 Å². The van der Waals surface area contributed by atoms with Gasteiger partial charge >= 0.3 is 0 Å². The SMILES string of the molecule is CCCC(=O)Nc1ccc([N+](=O)[O-])cc1C#Cc1ccccc1.O=[N+]([O-])c1ccc2[nH]c(-c3ccccc3)cc2c1. The molecule has 0 fully saturated rings. The molecule has 1 amide bonds. The van der Waals surface area contributed by atoms with Crippen molar-refractivity contribution in [3.63, 3.8) is 0 Å². The number of carbonyl (C=O) groups excluding carboxylic acids is 1. The van der Waals surface area contributed by atoms with Gasteiger partial charge in [-0.25, -0.2) is 0 Å². The topological polar surface area (TPSA) is 131 Å². The maximum absolute atomic E-state index is 11.8. The average molecular weight is 547 g/mol. The van der Waals surface area contributed by atoms with E-state index in [1.807, 2.05) is 73.7 Å². The smallest absolute Gasteiger partial charge is 0.270 e. The van der Waals surface area contributed by atoms with Crippen LogP contribution >= 0.6 is 0 Å². The van der Waals surface area contributed by atoms with Crippen LogP contribution < -0.4 is 5.32 Å². The molecule has 0 spiro atoms. The van der Waals surface area contributed by atoms with E-state index in [2.05, 4.69) is 22.1 Å². The standard InChI is InChI=1S/C18H16N2O3.C14H10N2O2/c1-2-6-18(21)19-17-12-11-16(20(22)23)13-15(17)10-9-14-7-4-3-5-8-14;17-16(18)12-6-7-13-11(8-12)9-14(15-13)10-4-2-1-3-5-10/h3-5,7-8,11-13H,2,6H2,1H3,(H,19,21);1-9,15H. The minimum atomic E-state index is -0.481. The molecule has 0 radical (unpaired) electrons. The van der Waals surface area contributed by atoms with Crippen LogP contribution in [-0.4, -0.2) is 20.7 Å². The molecule has 9 heteroatoms. The van der Waals surface area contributed by atoms with E-state index in [9.17, 15) is 25.0 Å². The summed E-state index contributed by atoms with van der Waals surface area (Å²) < 4.78 is 0. The highest BCUT2D eigenvalue weighted by Crippen LogP contribution is 2.27. The molecule has 204 valence electrons. The maximum atomic E-state index is 11.8. The van der Waals surface area contributed by atoms with E-state index in [0.717, 1.165) is 34.1 Å². The monoisotopic (exact) mass is 546 g/mol. The van der Waals surface area contributed by atoms with Gasteiger partial charge in [-0.05, 0) is 42.3 Å². The van der Waals surface area contributed by atoms with Crippen molar-refractivity contribution in [1.82, 2.24) is 4.98 Å². The molecule has 9 nitrogen and oxygen atoms in total. The first-order valence-corrected chi connectivity index (χ1v) is 12.8. The number of non-ortho nitro benzene ring substituents is 2. The zero-order valence-electron chi connectivity index (χ0n) is 22.2. The number of anilines is 1. The lowest BCUT2D eigenvalue weighted by Gasteiger charge is -2.06. The number of benzene rings is 4. The number of nitro groups is 2. The second-order valence-electron chi connectivity index (χ2n) is 8.98. The molecule has 0 bridgehead atoms. The molecule has 41 heavy (non-hydrogen) atoms. The molecular weight excluding hydrogens is 520 g/mol. The minimum Gasteiger partial charge on any atom is -0.355 e. The summed E-state index contributed by atoms with van der Waals surface area (Å²) in [7, 11) is 0. The molecule has 0 unspecified atom stereocenters. The van der Waals surface area contributed by atoms with E-state index >= 15 is 0 Å². The fourth-order valence-corrected chi connectivity index (χ4v) is 3.97. The molecule has 0 aliphatic carbocycles. The number of hydrogen-bond donors (Lipinski definition) is 2. The highest BCUT2D eigenvalue weighted by Gasteiger charge is 2.12. The van der Waals surface area contributed by atoms with E-state index in [-0.39, 0.29) is 22.2 Å². The molecule has 1 heterocycles. The van der Waals surface area contributed by atoms with Crippen LogP contribution in [0.2, 0.25) is 0 Å². The Morgan fingerprint density at radius 2 is 1.44 bits per heavy atom. The number of fused-ring (bicyclic) bond motifs is 1. The van der Waals surface area contributed by atoms with E-state index in [1.165, 1.54) is 24.3 Å². The highest BCUT2D eigenvalue weighted by molar-refractivity contribution is 5.92. The molecule has 0 aliphatic heterocycles. The van der Waals surface area contributed by atoms with E-state index in [4.69, 9.17) is 0 Å². The molecule has 2 N–H and O–H groups in total. The zero-order chi connectivity index (χ0) is 29.2. The van der Waals surface area contributed by atoms with Gasteiger partial charge in [0.15, 0.2) is 0 Å². The van der Waals surface area contributed by atoms with Gasteiger partial charge in [-0.2, -0.15) is 0 Å². The van der Waals surface area contributed by atoms with Crippen LogP contribution in [0.4, 0.5) is 17.1 Å². The van der Waals surface area contributed by atoms with Gasteiger partial charge in [0.05, 0.1) is 21.1 Å². The maximum Gasteiger partial charge on any atom is 0.270 e. The van der Waals surface area contributed by atoms with Crippen molar-refractivity contribution < 1.29 is 14.6 Å². The fourth-order valence-electron chi connectivity index (χ4n) is 3.97. The first kappa shape index (κ1) is 28.3. The Hall–Kier alpha value is -5.75. The third kappa shape index (κ3) is 7.65. The Morgan fingerprint density at radius 1 is 0.805 bits per heavy atom. The van der Waals surface area contributed by atoms with E-state index in [1.54, 1.807) is 12.1 Å². The van der Waals surface area contributed by atoms with Crippen LogP contribution in [0.1, 0.15) is 30.9 Å². The third-order valence-electron chi connectivity index (χ3n) is 5.98. The van der Waals surface area contributed by atoms with Crippen LogP contribution in [0.5, 0.6) is 0 Å². The summed E-state index contributed by atoms with van der Waals surface area (Å²) in [5.74, 6) is 5.72. The van der Waals surface area contributed by atoms with Crippen molar-refractivity contribution in [2.24, 2.45) is 0 Å². The number of nitrogens with one attached hydrogen (secondary N) is 2. The van der Waals surface area contributed by atoms with Crippen LogP contribution in [0.25, 0.3) is 22.2 Å². The summed E-state index contributed by atoms with van der Waals surface area (Å²) >= 11 is 0. The number of H-pyrrole nitrogens is 1. The third-order valence-corrected chi connectivity index (χ3v) is 5.98. The number of nitrogens with zero attached hydrogens (tertiary/aromatic N) is 2. The Balaban J connectivity index is 0.000000194. The van der Waals surface area contributed by atoms with Gasteiger partial charge in [-0.1, -0.05) is 67.3 Å². The van der Waals surface area contributed by atoms with Crippen LogP contribution in [0, 0.1) is 32.1 Å². The molecule has 5 aromatic rings. The van der Waals surface area contributed by atoms with Gasteiger partial charge in [-0.3, -0.25) is 25.0 Å². The van der Waals surface area contributed by atoms with Crippen LogP contribution in [0.15, 0.2) is 103 Å². The number of hydrogen-bond acceptors (Lipinski definition) is 5. The zero-order valence-corrected chi connectivity index (χ0v) is 22.2. The summed E-state index contributed by atoms with van der Waals surface area (Å²) in [6, 6.07) is 30.2. The molecule has 4 aromatic carbocycles. The van der Waals surface area contributed by atoms with Crippen molar-refractivity contribution in [2.75, 3.05) is 5.32 Å². The second kappa shape index (κ2) is 13.4. The molecule has 0 aliphatic rings. The average Bonchev–Trinajstić information content (AvgIpc) is 3.42. The molecule has 0 saturated carbocycles. The van der Waals surface area contributed by atoms with Crippen molar-refractivity contribution >= 4 is 33.9 Å². The normalized spacial score (nSPS) is 10.1. The summed E-state index contributed by atoms with van der Waals surface area (Å²) in [5.41, 5.74) is 4.69. The van der Waals surface area contributed by atoms with Crippen molar-refractivity contribution in [3.8, 4) is 23.1 Å². The molecule has 0 atom stereocenters. The Morgan fingerprint density at radius 3 is 2.10 bits per heavy atom. The van der Waals surface area contributed by atoms with Crippen LogP contribution in [-0.2, 0) is 4.79 Å². The van der Waals surface area contributed by atoms with Crippen molar-refractivity contribution in [1.29, 1.82) is 0 Å². The largest absolute Gasteiger partial charge is 0.355 e. The first-order chi connectivity index (χ1) is 19.8. The Labute approximate surface area is 236 Å². The quantitative estimate of drug-likeness (QED) is 0.129. The fraction of sp³-hybridized carbons (Fsp3) is 0.0938. The molecular formula is C32H26N4O5. The summed E-state index contributed by atoms with van der Waals surface area (Å²) in [6.45, 7) is 1.91. The summed E-state index contributed by atoms with van der Waals surface area (Å²) in [4.78, 5) is 35.8. The predicted octanol–water partition coefficient (Wildman–Crippen LogP) is 7.48. The number of nitro benzene ring substituents is 2. The summed E-state index contributed by atoms with van der Waals surface area (Å²) in [6.07, 6.45) is 1.12. The number of aromatic amines is 1. The number of carbonyl (C=O) groups is 1. The Kier molecular flexibility index (Phi) is 9.21. The van der Waals surface area contributed by atoms with Crippen LogP contribution in [0.3, 0.4) is 0 Å². The molecule has 0 saturated heterocycles. The minimum absolute atomic E-state index is 0.0594. The number of aromatic nitrogens is 1. The van der Waals surface area contributed by atoms with Gasteiger partial charge in [0.25, 0.3) is 11.4 Å². The van der Waals surface area contributed by atoms with Gasteiger partial charge in [-0.15, -0.1) is 0 Å². The predicted molar refractivity (Wildman–Crippen MR) is 159 cm³/mol. The van der Waals surface area contributed by atoms with E-state index in [0.29, 0.717) is 17.7 Å². The first-order valence-electron chi connectivity index (χ1n) is 12.8. The van der Waals surface area contributed by atoms with Crippen molar-refractivity contribution in [3.05, 3.63) is 134 Å². The lowest BCUT2D eigenvalue weighted by atomic mass is 10.1. The second-order valence-corrected chi connectivity index (χ2v) is 8.98. The number of amides is 1. The lowest BCUT2D eigenvalue weighted by molar-refractivity contribution is -0.385. The highest BCUT2D eigenvalue weighted by atomic mass is 16.6. The summed E-state index contributed by atoms with van der Waals surface area (Å²) in [5, 5.41) is 25.3. The van der Waals surface area contributed by atoms with E-state index < -0.39 is 4.92 Å². The van der Waals surface area contributed by atoms with Crippen molar-refractivity contribution in [2.45, 2.75) is 19.8 Å². The number of rotatable bonds is 6. The van der Waals surface area contributed by atoms with Gasteiger partial charge < -0.3 is 10.3 Å². The lowest BCUT2D eigenvalue weighted by Crippen LogP contribution is -2.11. The Bertz CT molecular complexity index is 1750. The van der Waals surface area contributed by atoms with Gasteiger partial charge in [0, 0.05) is 52.8 Å². The molecule has 1 aromatic heterocycles. The molecule has 5 rings (SSSR count).